The topological polar surface area (TPSA) is 125 Å². The van der Waals surface area contributed by atoms with E-state index in [1.807, 2.05) is 19.1 Å². The molecule has 5 aromatic carbocycles. The number of aromatic hydroxyl groups is 6. The van der Waals surface area contributed by atoms with Crippen molar-refractivity contribution < 1.29 is 30.6 Å². The second-order valence-electron chi connectivity index (χ2n) is 16.5. The minimum absolute atomic E-state index is 0.0239. The van der Waals surface area contributed by atoms with Gasteiger partial charge in [-0.25, -0.2) is 0 Å². The van der Waals surface area contributed by atoms with E-state index in [0.29, 0.717) is 5.69 Å². The van der Waals surface area contributed by atoms with Gasteiger partial charge in [-0.05, 0) is 150 Å². The van der Waals surface area contributed by atoms with Crippen LogP contribution in [0.15, 0.2) is 93.1 Å². The number of benzene rings is 5. The fourth-order valence-corrected chi connectivity index (χ4v) is 11.4. The van der Waals surface area contributed by atoms with Crippen molar-refractivity contribution >= 4 is 66.3 Å². The highest BCUT2D eigenvalue weighted by Crippen LogP contribution is 2.67. The number of rotatable bonds is 10. The second-order valence-corrected chi connectivity index (χ2v) is 19.1. The summed E-state index contributed by atoms with van der Waals surface area (Å²) in [4.78, 5) is 1.72. The van der Waals surface area contributed by atoms with Gasteiger partial charge in [0.15, 0.2) is 23.0 Å². The molecule has 0 amide bonds. The maximum absolute atomic E-state index is 11.7. The van der Waals surface area contributed by atoms with Crippen LogP contribution in [-0.2, 0) is 17.3 Å². The molecule has 0 aromatic heterocycles. The van der Waals surface area contributed by atoms with Crippen LogP contribution < -0.4 is 4.90 Å². The fraction of sp³-hybridized carbons (Fsp3) is 0.320. The first kappa shape index (κ1) is 45.0. The molecule has 6 N–H and O–H groups in total. The van der Waals surface area contributed by atoms with E-state index in [0.717, 1.165) is 96.5 Å². The highest BCUT2D eigenvalue weighted by Gasteiger charge is 2.40. The number of fused-ring (bicyclic) bond motifs is 2. The van der Waals surface area contributed by atoms with Crippen LogP contribution in [0.5, 0.6) is 34.5 Å². The number of allylic oxidation sites excluding steroid dienone is 1. The summed E-state index contributed by atoms with van der Waals surface area (Å²) in [6.07, 6.45) is 8.40. The molecule has 1 unspecified atom stereocenters. The van der Waals surface area contributed by atoms with E-state index in [-0.39, 0.29) is 52.4 Å². The Labute approximate surface area is 375 Å². The van der Waals surface area contributed by atoms with Crippen molar-refractivity contribution in [3.63, 3.8) is 0 Å². The molecule has 1 aliphatic carbocycles. The minimum atomic E-state index is -0.605. The molecule has 1 saturated carbocycles. The smallest absolute Gasteiger partial charge is 0.184 e. The van der Waals surface area contributed by atoms with Crippen LogP contribution in [0.4, 0.5) is 17.1 Å². The molecule has 1 atom stereocenters. The summed E-state index contributed by atoms with van der Waals surface area (Å²) in [6.45, 7) is 23.7. The van der Waals surface area contributed by atoms with Crippen molar-refractivity contribution in [2.75, 3.05) is 4.90 Å². The quantitative estimate of drug-likeness (QED) is 0.0456. The molecule has 7 nitrogen and oxygen atoms in total. The summed E-state index contributed by atoms with van der Waals surface area (Å²) in [5.74, 6) is -3.09. The molecule has 0 bridgehead atoms. The third kappa shape index (κ3) is 7.57. The second kappa shape index (κ2) is 17.5. The lowest BCUT2D eigenvalue weighted by atomic mass is 9.73. The largest absolute Gasteiger partial charge is 0.505 e. The number of halogens is 2. The molecule has 1 heterocycles. The van der Waals surface area contributed by atoms with Crippen molar-refractivity contribution in [2.24, 2.45) is 0 Å². The molecule has 1 aliphatic heterocycles. The van der Waals surface area contributed by atoms with Gasteiger partial charge in [0.05, 0.1) is 9.79 Å². The first-order valence-electron chi connectivity index (χ1n) is 20.5. The molecule has 5 aromatic rings. The van der Waals surface area contributed by atoms with E-state index < -0.39 is 23.0 Å². The zero-order valence-corrected chi connectivity index (χ0v) is 39.3. The summed E-state index contributed by atoms with van der Waals surface area (Å²) in [7, 11) is 0. The predicted molar refractivity (Wildman–Crippen MR) is 255 cm³/mol. The number of phenolic OH excluding ortho intramolecular Hbond substituents is 6. The first-order chi connectivity index (χ1) is 28.5. The number of aryl methyl sites for hydroxylation is 1. The van der Waals surface area contributed by atoms with Crippen molar-refractivity contribution in [3.05, 3.63) is 106 Å². The molecule has 316 valence electrons. The Kier molecular flexibility index (Phi) is 13.1. The normalized spacial score (nSPS) is 15.1. The number of hydrogen-bond donors (Lipinski definition) is 6. The third-order valence-electron chi connectivity index (χ3n) is 12.6. The predicted octanol–water partition coefficient (Wildman–Crippen LogP) is 15.4. The van der Waals surface area contributed by atoms with Gasteiger partial charge in [0.25, 0.3) is 0 Å². The summed E-state index contributed by atoms with van der Waals surface area (Å²) in [5, 5.41) is 68.6. The van der Waals surface area contributed by atoms with Crippen molar-refractivity contribution in [2.45, 2.75) is 114 Å². The maximum atomic E-state index is 11.7. The zero-order valence-electron chi connectivity index (χ0n) is 35.3. The molecule has 0 spiro atoms. The Morgan fingerprint density at radius 2 is 1.25 bits per heavy atom. The van der Waals surface area contributed by atoms with E-state index in [1.165, 1.54) is 21.6 Å². The molecule has 0 saturated heterocycles. The summed E-state index contributed by atoms with van der Waals surface area (Å²) in [6, 6.07) is 19.2. The van der Waals surface area contributed by atoms with E-state index in [9.17, 15) is 30.6 Å². The van der Waals surface area contributed by atoms with Gasteiger partial charge in [0.1, 0.15) is 31.8 Å². The van der Waals surface area contributed by atoms with Gasteiger partial charge in [-0.3, -0.25) is 0 Å². The maximum Gasteiger partial charge on any atom is 0.184 e. The summed E-state index contributed by atoms with van der Waals surface area (Å²) in [5.41, 5.74) is 9.88. The summed E-state index contributed by atoms with van der Waals surface area (Å²) < 4.78 is -0.258. The molecule has 60 heavy (non-hydrogen) atoms. The van der Waals surface area contributed by atoms with Gasteiger partial charge in [-0.2, -0.15) is 0 Å². The van der Waals surface area contributed by atoms with Crippen LogP contribution in [0.1, 0.15) is 109 Å². The lowest BCUT2D eigenvalue weighted by Crippen LogP contribution is -2.22. The number of anilines is 3. The number of nitrogens with zero attached hydrogens (tertiary/aromatic N) is 1. The highest BCUT2D eigenvalue weighted by atomic mass is 79.9. The van der Waals surface area contributed by atoms with E-state index in [2.05, 4.69) is 129 Å². The lowest BCUT2D eigenvalue weighted by molar-refractivity contribution is 0.384. The van der Waals surface area contributed by atoms with Gasteiger partial charge >= 0.3 is 0 Å². The van der Waals surface area contributed by atoms with E-state index in [4.69, 9.17) is 0 Å². The Hall–Kier alpha value is -4.51. The average Bonchev–Trinajstić information content (AvgIpc) is 3.72. The Morgan fingerprint density at radius 3 is 1.73 bits per heavy atom. The van der Waals surface area contributed by atoms with Gasteiger partial charge in [-0.15, -0.1) is 13.2 Å². The molecule has 10 heteroatoms. The van der Waals surface area contributed by atoms with Crippen LogP contribution in [-0.4, -0.2) is 30.6 Å². The molecule has 1 fully saturated rings. The van der Waals surface area contributed by atoms with Crippen LogP contribution in [0.2, 0.25) is 0 Å². The highest BCUT2D eigenvalue weighted by molar-refractivity contribution is 9.11. The zero-order chi connectivity index (χ0) is 44.0. The molecular weight excluding hydrogens is 902 g/mol. The van der Waals surface area contributed by atoms with Crippen molar-refractivity contribution in [1.29, 1.82) is 0 Å². The Morgan fingerprint density at radius 1 is 0.733 bits per heavy atom. The van der Waals surface area contributed by atoms with Crippen molar-refractivity contribution in [1.82, 2.24) is 0 Å². The monoisotopic (exact) mass is 955 g/mol. The standard InChI is InChI=1S/C48H51Br2NO6S.C2H4/c1-8-17-47(6,10-3)33-23-27(14-13-26(33)9-2)29-20-30(28-15-16-32(25(4)5)34(24-28)48(7)18-11-12-19-48)22-31(21-29)51-37-43(56)39(52)35(49)41(54)45(37)58-46-38(51)44(57)40(53)36(50)42(46)55;1-2/h13-16,20-24,52-57H,4,8-12,17-19H2,1-3,5-7H3;1-2H2. The van der Waals surface area contributed by atoms with E-state index in [1.54, 1.807) is 0 Å². The third-order valence-corrected chi connectivity index (χ3v) is 15.3. The van der Waals surface area contributed by atoms with Crippen molar-refractivity contribution in [3.8, 4) is 56.8 Å². The summed E-state index contributed by atoms with van der Waals surface area (Å²) >= 11 is 7.32. The molecule has 2 aliphatic rings. The van der Waals surface area contributed by atoms with Gasteiger partial charge < -0.3 is 35.5 Å². The molecule has 0 radical (unpaired) electrons. The van der Waals surface area contributed by atoms with Gasteiger partial charge in [0, 0.05) is 5.69 Å². The fourth-order valence-electron chi connectivity index (χ4n) is 9.15. The van der Waals surface area contributed by atoms with Gasteiger partial charge in [-0.1, -0.05) is 108 Å². The van der Waals surface area contributed by atoms with Crippen LogP contribution >= 0.6 is 43.6 Å². The minimum Gasteiger partial charge on any atom is -0.505 e. The number of hydrogen-bond acceptors (Lipinski definition) is 8. The van der Waals surface area contributed by atoms with E-state index >= 15 is 0 Å². The SMILES string of the molecule is C=C.C=C(C)c1ccc(-c2cc(-c3ccc(CC)c(C(C)(CC)CCC)c3)cc(N3c4c(O)c(O)c(Br)c(O)c4Sc4c(O)c(Br)c(O)c(O)c43)c2)cc1C1(C)CCCC1. The molecule has 7 rings (SSSR count). The van der Waals surface area contributed by atoms with Crippen LogP contribution in [0.25, 0.3) is 27.8 Å². The average molecular weight is 958 g/mol. The Bertz CT molecular complexity index is 2440. The number of phenols is 6. The van der Waals surface area contributed by atoms with Gasteiger partial charge in [0.2, 0.25) is 0 Å². The Balaban J connectivity index is 0.00000297. The van der Waals surface area contributed by atoms with Crippen LogP contribution in [0, 0.1) is 0 Å². The van der Waals surface area contributed by atoms with Crippen LogP contribution in [0.3, 0.4) is 0 Å². The lowest BCUT2D eigenvalue weighted by Gasteiger charge is -2.35. The first-order valence-corrected chi connectivity index (χ1v) is 22.9. The molecular formula is C50H55Br2NO6S.